The van der Waals surface area contributed by atoms with Crippen molar-refractivity contribution >= 4 is 64.0 Å². The van der Waals surface area contributed by atoms with Gasteiger partial charge in [0.05, 0.1) is 0 Å². The molecule has 5 aromatic rings. The third kappa shape index (κ3) is 4.56. The number of nitrogens with one attached hydrogen (secondary N) is 2. The number of halogens is 2. The number of allylic oxidation sites excluding steroid dienone is 1. The fourth-order valence-electron chi connectivity index (χ4n) is 6.48. The molecule has 1 saturated heterocycles. The lowest BCUT2D eigenvalue weighted by Crippen LogP contribution is -2.67. The van der Waals surface area contributed by atoms with E-state index in [0.29, 0.717) is 38.2 Å². The maximum absolute atomic E-state index is 14.7. The van der Waals surface area contributed by atoms with E-state index in [1.54, 1.807) is 24.3 Å². The van der Waals surface area contributed by atoms with E-state index < -0.39 is 29.1 Å². The highest BCUT2D eigenvalue weighted by molar-refractivity contribution is 7.80. The molecule has 2 atom stereocenters. The van der Waals surface area contributed by atoms with Crippen LogP contribution in [0.3, 0.4) is 0 Å². The van der Waals surface area contributed by atoms with Crippen LogP contribution in [0, 0.1) is 5.41 Å². The molecule has 44 heavy (non-hydrogen) atoms. The standard InChI is InChI=1S/C35H23Cl2N3O3S/c36-24-15-11-20(12-16-24)19-26-28(21-7-3-1-4-8-21)35(32(41)38-34(44)39-33(35)42)29(22-9-5-2-6-10-22)27-30(26)40-43-31(27)23-13-17-25(37)18-14-23/h1-19,28-29H,(H2,38,39,41,42,44)/b26-19-. The van der Waals surface area contributed by atoms with Gasteiger partial charge in [-0.2, -0.15) is 0 Å². The minimum atomic E-state index is -1.73. The summed E-state index contributed by atoms with van der Waals surface area (Å²) < 4.78 is 6.15. The average Bonchev–Trinajstić information content (AvgIpc) is 3.47. The summed E-state index contributed by atoms with van der Waals surface area (Å²) in [6.45, 7) is 0. The molecule has 6 nitrogen and oxygen atoms in total. The maximum atomic E-state index is 14.7. The summed E-state index contributed by atoms with van der Waals surface area (Å²) in [5, 5.41) is 11.4. The largest absolute Gasteiger partial charge is 0.355 e. The van der Waals surface area contributed by atoms with Crippen molar-refractivity contribution in [3.05, 3.63) is 147 Å². The van der Waals surface area contributed by atoms with Crippen LogP contribution in [0.2, 0.25) is 10.0 Å². The highest BCUT2D eigenvalue weighted by Gasteiger charge is 2.65. The van der Waals surface area contributed by atoms with Crippen molar-refractivity contribution in [2.75, 3.05) is 0 Å². The first-order valence-corrected chi connectivity index (χ1v) is 15.0. The number of hydrogen-bond acceptors (Lipinski definition) is 5. The Kier molecular flexibility index (Phi) is 7.17. The number of amides is 2. The lowest BCUT2D eigenvalue weighted by Gasteiger charge is -2.49. The normalized spacial score (nSPS) is 19.9. The predicted molar refractivity (Wildman–Crippen MR) is 175 cm³/mol. The SMILES string of the molecule is O=C1NC(=S)NC(=O)C12C(c1ccccc1)/C(=C/c1ccc(Cl)cc1)c1noc(-c3ccc(Cl)cc3)c1C2c1ccccc1. The Balaban J connectivity index is 1.64. The summed E-state index contributed by atoms with van der Waals surface area (Å²) in [5.74, 6) is -2.18. The number of aromatic nitrogens is 1. The Labute approximate surface area is 268 Å². The molecule has 7 rings (SSSR count). The molecule has 1 fully saturated rings. The van der Waals surface area contributed by atoms with Crippen LogP contribution < -0.4 is 10.6 Å². The zero-order valence-electron chi connectivity index (χ0n) is 23.0. The van der Waals surface area contributed by atoms with Gasteiger partial charge in [0.25, 0.3) is 0 Å². The Bertz CT molecular complexity index is 1920. The van der Waals surface area contributed by atoms with Crippen LogP contribution in [0.15, 0.2) is 114 Å². The highest BCUT2D eigenvalue weighted by atomic mass is 35.5. The van der Waals surface area contributed by atoms with Crippen molar-refractivity contribution in [1.82, 2.24) is 15.8 Å². The molecule has 1 aromatic heterocycles. The van der Waals surface area contributed by atoms with E-state index in [2.05, 4.69) is 15.8 Å². The number of hydrogen-bond donors (Lipinski definition) is 2. The van der Waals surface area contributed by atoms with Crippen molar-refractivity contribution in [1.29, 1.82) is 0 Å². The molecule has 0 bridgehead atoms. The zero-order valence-corrected chi connectivity index (χ0v) is 25.3. The van der Waals surface area contributed by atoms with E-state index >= 15 is 0 Å². The van der Waals surface area contributed by atoms with Gasteiger partial charge in [0, 0.05) is 33.0 Å². The molecule has 0 saturated carbocycles. The molecular weight excluding hydrogens is 613 g/mol. The molecule has 2 N–H and O–H groups in total. The molecule has 4 aromatic carbocycles. The monoisotopic (exact) mass is 635 g/mol. The first kappa shape index (κ1) is 28.2. The molecule has 0 radical (unpaired) electrons. The summed E-state index contributed by atoms with van der Waals surface area (Å²) in [6.07, 6.45) is 1.94. The Morgan fingerprint density at radius 3 is 1.82 bits per heavy atom. The van der Waals surface area contributed by atoms with E-state index in [1.807, 2.05) is 91.0 Å². The average molecular weight is 637 g/mol. The Morgan fingerprint density at radius 1 is 0.727 bits per heavy atom. The molecule has 216 valence electrons. The number of nitrogens with zero attached hydrogens (tertiary/aromatic N) is 1. The van der Waals surface area contributed by atoms with Gasteiger partial charge in [0.1, 0.15) is 5.69 Å². The molecule has 1 aliphatic heterocycles. The Hall–Kier alpha value is -4.56. The predicted octanol–water partition coefficient (Wildman–Crippen LogP) is 7.64. The highest BCUT2D eigenvalue weighted by Crippen LogP contribution is 2.63. The molecule has 2 amide bonds. The second-order valence-corrected chi connectivity index (χ2v) is 12.0. The van der Waals surface area contributed by atoms with Gasteiger partial charge in [-0.1, -0.05) is 101 Å². The van der Waals surface area contributed by atoms with E-state index in [1.165, 1.54) is 0 Å². The quantitative estimate of drug-likeness (QED) is 0.157. The van der Waals surface area contributed by atoms with Crippen molar-refractivity contribution in [2.45, 2.75) is 11.8 Å². The number of carbonyl (C=O) groups excluding carboxylic acids is 2. The minimum absolute atomic E-state index is 0.0403. The Morgan fingerprint density at radius 2 is 1.25 bits per heavy atom. The molecule has 2 unspecified atom stereocenters. The molecule has 1 spiro atoms. The topological polar surface area (TPSA) is 84.2 Å². The molecule has 9 heteroatoms. The third-order valence-corrected chi connectivity index (χ3v) is 8.99. The minimum Gasteiger partial charge on any atom is -0.355 e. The fraction of sp³-hybridized carbons (Fsp3) is 0.0857. The lowest BCUT2D eigenvalue weighted by molar-refractivity contribution is -0.145. The van der Waals surface area contributed by atoms with Crippen LogP contribution in [-0.4, -0.2) is 22.1 Å². The van der Waals surface area contributed by atoms with Crippen LogP contribution in [0.25, 0.3) is 23.0 Å². The maximum Gasteiger partial charge on any atom is 0.243 e. The van der Waals surface area contributed by atoms with Crippen LogP contribution in [0.4, 0.5) is 0 Å². The summed E-state index contributed by atoms with van der Waals surface area (Å²) in [6, 6.07) is 33.5. The summed E-state index contributed by atoms with van der Waals surface area (Å²) in [5.41, 5.74) is 3.09. The molecule has 2 aliphatic rings. The van der Waals surface area contributed by atoms with Gasteiger partial charge in [-0.05, 0) is 77.0 Å². The number of fused-ring (bicyclic) bond motifs is 1. The van der Waals surface area contributed by atoms with Gasteiger partial charge in [0.15, 0.2) is 16.3 Å². The lowest BCUT2D eigenvalue weighted by atomic mass is 9.52. The van der Waals surface area contributed by atoms with E-state index in [-0.39, 0.29) is 5.11 Å². The summed E-state index contributed by atoms with van der Waals surface area (Å²) >= 11 is 17.8. The molecular formula is C35H23Cl2N3O3S. The van der Waals surface area contributed by atoms with Crippen molar-refractivity contribution < 1.29 is 14.1 Å². The zero-order chi connectivity index (χ0) is 30.4. The van der Waals surface area contributed by atoms with E-state index in [4.69, 9.17) is 39.9 Å². The van der Waals surface area contributed by atoms with Gasteiger partial charge < -0.3 is 15.2 Å². The van der Waals surface area contributed by atoms with Gasteiger partial charge >= 0.3 is 0 Å². The number of rotatable bonds is 4. The van der Waals surface area contributed by atoms with Crippen molar-refractivity contribution in [2.24, 2.45) is 5.41 Å². The van der Waals surface area contributed by atoms with Crippen molar-refractivity contribution in [3.8, 4) is 11.3 Å². The summed E-state index contributed by atoms with van der Waals surface area (Å²) in [7, 11) is 0. The number of thiocarbonyl (C=S) groups is 1. The van der Waals surface area contributed by atoms with Gasteiger partial charge in [0.2, 0.25) is 11.8 Å². The smallest absolute Gasteiger partial charge is 0.243 e. The second kappa shape index (κ2) is 11.2. The second-order valence-electron chi connectivity index (χ2n) is 10.7. The van der Waals surface area contributed by atoms with E-state index in [0.717, 1.165) is 16.7 Å². The molecule has 2 heterocycles. The first-order chi connectivity index (χ1) is 21.4. The fourth-order valence-corrected chi connectivity index (χ4v) is 6.92. The van der Waals surface area contributed by atoms with Gasteiger partial charge in [-0.15, -0.1) is 0 Å². The van der Waals surface area contributed by atoms with Crippen molar-refractivity contribution in [3.63, 3.8) is 0 Å². The third-order valence-electron chi connectivity index (χ3n) is 8.28. The van der Waals surface area contributed by atoms with Crippen LogP contribution in [0.1, 0.15) is 39.8 Å². The van der Waals surface area contributed by atoms with Crippen LogP contribution >= 0.6 is 35.4 Å². The van der Waals surface area contributed by atoms with Crippen LogP contribution in [-0.2, 0) is 9.59 Å². The first-order valence-electron chi connectivity index (χ1n) is 13.9. The number of carbonyl (C=O) groups is 2. The van der Waals surface area contributed by atoms with Gasteiger partial charge in [-0.3, -0.25) is 9.59 Å². The van der Waals surface area contributed by atoms with Crippen LogP contribution in [0.5, 0.6) is 0 Å². The van der Waals surface area contributed by atoms with Gasteiger partial charge in [-0.25, -0.2) is 0 Å². The van der Waals surface area contributed by atoms with E-state index in [9.17, 15) is 9.59 Å². The molecule has 1 aliphatic carbocycles. The summed E-state index contributed by atoms with van der Waals surface area (Å²) in [4.78, 5) is 29.3. The number of benzene rings is 4.